The summed E-state index contributed by atoms with van der Waals surface area (Å²) in [6.45, 7) is -0.272. The zero-order chi connectivity index (χ0) is 13.6. The van der Waals surface area contributed by atoms with Gasteiger partial charge >= 0.3 is 11.0 Å². The lowest BCUT2D eigenvalue weighted by Gasteiger charge is -2.16. The highest BCUT2D eigenvalue weighted by Crippen LogP contribution is 2.39. The van der Waals surface area contributed by atoms with Crippen molar-refractivity contribution >= 4 is 19.7 Å². The van der Waals surface area contributed by atoms with Gasteiger partial charge in [0.15, 0.2) is 0 Å². The van der Waals surface area contributed by atoms with Gasteiger partial charge in [-0.1, -0.05) is 0 Å². The molecule has 0 aliphatic carbocycles. The van der Waals surface area contributed by atoms with Crippen molar-refractivity contribution in [2.24, 2.45) is 0 Å². The van der Waals surface area contributed by atoms with Crippen molar-refractivity contribution < 1.29 is 43.2 Å². The van der Waals surface area contributed by atoms with E-state index in [2.05, 4.69) is 0 Å². The third kappa shape index (κ3) is 2.42. The largest absolute Gasteiger partial charge is 0.499 e. The minimum absolute atomic E-state index is 0.272. The van der Waals surface area contributed by atoms with Crippen LogP contribution in [0.2, 0.25) is 0 Å². The maximum Gasteiger partial charge on any atom is 0.499 e. The van der Waals surface area contributed by atoms with Crippen LogP contribution in [0.1, 0.15) is 6.92 Å². The first-order chi connectivity index (χ1) is 6.65. The third-order valence-corrected chi connectivity index (χ3v) is 5.42. The Bertz CT molecular complexity index is 410. The van der Waals surface area contributed by atoms with Crippen LogP contribution in [0.5, 0.6) is 0 Å². The van der Waals surface area contributed by atoms with Gasteiger partial charge in [0.25, 0.3) is 19.7 Å². The number of alkyl halides is 6. The van der Waals surface area contributed by atoms with Crippen molar-refractivity contribution in [3.05, 3.63) is 4.58 Å². The second kappa shape index (κ2) is 3.75. The molecule has 12 heteroatoms. The maximum absolute atomic E-state index is 11.8. The number of sulfone groups is 2. The van der Waals surface area contributed by atoms with Gasteiger partial charge in [-0.15, -0.1) is 0 Å². The van der Waals surface area contributed by atoms with Gasteiger partial charge < -0.3 is 0 Å². The molecule has 0 saturated heterocycles. The number of rotatable bonds is 2. The first-order valence-electron chi connectivity index (χ1n) is 3.12. The number of hydrogen-bond acceptors (Lipinski definition) is 4. The van der Waals surface area contributed by atoms with Gasteiger partial charge in [-0.2, -0.15) is 26.3 Å². The molecule has 0 heterocycles. The van der Waals surface area contributed by atoms with Gasteiger partial charge in [0.1, 0.15) is 0 Å². The average Bonchev–Trinajstić information content (AvgIpc) is 1.98. The standard InChI is InChI=1S/C4H3F6O4S2/c1-2(15(11,12)3(5,6)7)16(13,14)4(8,9)10/h1H3. The van der Waals surface area contributed by atoms with E-state index in [1.807, 2.05) is 0 Å². The first kappa shape index (κ1) is 15.5. The SMILES string of the molecule is C[C](S(=O)(=O)C(F)(F)F)S(=O)(=O)C(F)(F)F. The van der Waals surface area contributed by atoms with Crippen LogP contribution >= 0.6 is 0 Å². The summed E-state index contributed by atoms with van der Waals surface area (Å²) in [6, 6.07) is 0. The van der Waals surface area contributed by atoms with Crippen molar-refractivity contribution in [3.8, 4) is 0 Å². The molecular formula is C4H3F6O4S2. The Kier molecular flexibility index (Phi) is 3.63. The van der Waals surface area contributed by atoms with E-state index < -0.39 is 35.3 Å². The van der Waals surface area contributed by atoms with Crippen LogP contribution in [0.4, 0.5) is 26.3 Å². The van der Waals surface area contributed by atoms with Crippen LogP contribution in [0, 0.1) is 4.58 Å². The second-order valence-electron chi connectivity index (χ2n) is 2.39. The number of hydrogen-bond donors (Lipinski definition) is 0. The molecule has 16 heavy (non-hydrogen) atoms. The third-order valence-electron chi connectivity index (χ3n) is 1.37. The van der Waals surface area contributed by atoms with Crippen molar-refractivity contribution in [3.63, 3.8) is 0 Å². The Morgan fingerprint density at radius 1 is 0.750 bits per heavy atom. The fourth-order valence-corrected chi connectivity index (χ4v) is 2.84. The van der Waals surface area contributed by atoms with Gasteiger partial charge in [0, 0.05) is 0 Å². The van der Waals surface area contributed by atoms with E-state index in [0.717, 1.165) is 0 Å². The molecule has 0 bridgehead atoms. The molecule has 0 rings (SSSR count). The zero-order valence-electron chi connectivity index (χ0n) is 7.22. The molecule has 0 aromatic heterocycles. The molecule has 0 atom stereocenters. The van der Waals surface area contributed by atoms with Gasteiger partial charge in [-0.3, -0.25) is 0 Å². The van der Waals surface area contributed by atoms with E-state index in [1.54, 1.807) is 0 Å². The average molecular weight is 293 g/mol. The van der Waals surface area contributed by atoms with Gasteiger partial charge in [-0.25, -0.2) is 16.8 Å². The fraction of sp³-hybridized carbons (Fsp3) is 0.750. The molecule has 0 N–H and O–H groups in total. The predicted molar refractivity (Wildman–Crippen MR) is 38.9 cm³/mol. The molecule has 0 saturated carbocycles. The topological polar surface area (TPSA) is 68.3 Å². The highest BCUT2D eigenvalue weighted by Gasteiger charge is 2.61. The monoisotopic (exact) mass is 293 g/mol. The van der Waals surface area contributed by atoms with Crippen molar-refractivity contribution in [2.75, 3.05) is 0 Å². The lowest BCUT2D eigenvalue weighted by Crippen LogP contribution is -2.37. The van der Waals surface area contributed by atoms with Gasteiger partial charge in [-0.05, 0) is 6.92 Å². The van der Waals surface area contributed by atoms with Crippen LogP contribution in [0.3, 0.4) is 0 Å². The molecule has 0 aromatic rings. The zero-order valence-corrected chi connectivity index (χ0v) is 8.85. The smallest absolute Gasteiger partial charge is 0.218 e. The summed E-state index contributed by atoms with van der Waals surface area (Å²) in [7, 11) is -13.0. The Balaban J connectivity index is 5.70. The highest BCUT2D eigenvalue weighted by atomic mass is 32.3. The summed E-state index contributed by atoms with van der Waals surface area (Å²) >= 11 is 0. The molecule has 0 aliphatic heterocycles. The molecule has 0 fully saturated rings. The Labute approximate surface area is 86.1 Å². The second-order valence-corrected chi connectivity index (χ2v) is 6.81. The summed E-state index contributed by atoms with van der Waals surface area (Å²) in [5.41, 5.74) is -12.2. The first-order valence-corrected chi connectivity index (χ1v) is 6.08. The summed E-state index contributed by atoms with van der Waals surface area (Å²) in [5.74, 6) is 0. The molecule has 0 unspecified atom stereocenters. The summed E-state index contributed by atoms with van der Waals surface area (Å²) < 4.78 is 109. The summed E-state index contributed by atoms with van der Waals surface area (Å²) in [4.78, 5) is 0. The van der Waals surface area contributed by atoms with Crippen molar-refractivity contribution in [2.45, 2.75) is 17.9 Å². The predicted octanol–water partition coefficient (Wildman–Crippen LogP) is 1.36. The lowest BCUT2D eigenvalue weighted by molar-refractivity contribution is -0.0454. The molecule has 0 aliphatic rings. The molecule has 4 nitrogen and oxygen atoms in total. The van der Waals surface area contributed by atoms with Crippen LogP contribution in [0.25, 0.3) is 0 Å². The lowest BCUT2D eigenvalue weighted by atomic mass is 11.0. The van der Waals surface area contributed by atoms with E-state index in [4.69, 9.17) is 0 Å². The van der Waals surface area contributed by atoms with Gasteiger partial charge in [0.2, 0.25) is 4.58 Å². The van der Waals surface area contributed by atoms with E-state index in [9.17, 15) is 43.2 Å². The Hall–Kier alpha value is -0.520. The summed E-state index contributed by atoms with van der Waals surface area (Å²) in [6.07, 6.45) is 0. The quantitative estimate of drug-likeness (QED) is 0.721. The van der Waals surface area contributed by atoms with Crippen LogP contribution < -0.4 is 0 Å². The molecule has 0 aromatic carbocycles. The highest BCUT2D eigenvalue weighted by molar-refractivity contribution is 8.13. The molecule has 0 amide bonds. The van der Waals surface area contributed by atoms with Crippen molar-refractivity contribution in [1.29, 1.82) is 0 Å². The Morgan fingerprint density at radius 2 is 0.938 bits per heavy atom. The van der Waals surface area contributed by atoms with Gasteiger partial charge in [0.05, 0.1) is 0 Å². The number of halogens is 6. The van der Waals surface area contributed by atoms with Crippen LogP contribution in [0.15, 0.2) is 0 Å². The fourth-order valence-electron chi connectivity index (χ4n) is 0.470. The van der Waals surface area contributed by atoms with E-state index in [-0.39, 0.29) is 6.92 Å². The van der Waals surface area contributed by atoms with Crippen molar-refractivity contribution in [1.82, 2.24) is 0 Å². The minimum atomic E-state index is -6.51. The van der Waals surface area contributed by atoms with E-state index in [0.29, 0.717) is 0 Å². The van der Waals surface area contributed by atoms with Crippen LogP contribution in [-0.4, -0.2) is 27.9 Å². The molecular weight excluding hydrogens is 290 g/mol. The molecule has 1 radical (unpaired) electrons. The molecule has 0 spiro atoms. The maximum atomic E-state index is 11.8. The van der Waals surface area contributed by atoms with E-state index >= 15 is 0 Å². The van der Waals surface area contributed by atoms with E-state index in [1.165, 1.54) is 0 Å². The van der Waals surface area contributed by atoms with Crippen LogP contribution in [-0.2, 0) is 19.7 Å². The summed E-state index contributed by atoms with van der Waals surface area (Å²) in [5, 5.41) is 0. The molecule has 97 valence electrons. The normalized spacial score (nSPS) is 15.5. The Morgan fingerprint density at radius 3 is 1.06 bits per heavy atom. The minimum Gasteiger partial charge on any atom is -0.218 e.